The van der Waals surface area contributed by atoms with Crippen molar-refractivity contribution in [3.05, 3.63) is 35.4 Å². The van der Waals surface area contributed by atoms with Gasteiger partial charge in [0.25, 0.3) is 0 Å². The molecule has 1 fully saturated rings. The van der Waals surface area contributed by atoms with E-state index >= 15 is 0 Å². The molecule has 1 aromatic carbocycles. The van der Waals surface area contributed by atoms with Crippen LogP contribution in [0.1, 0.15) is 61.4 Å². The van der Waals surface area contributed by atoms with E-state index in [1.54, 1.807) is 0 Å². The lowest BCUT2D eigenvalue weighted by Crippen LogP contribution is -2.40. The van der Waals surface area contributed by atoms with Crippen LogP contribution in [-0.4, -0.2) is 12.3 Å². The molecule has 104 valence electrons. The van der Waals surface area contributed by atoms with E-state index in [9.17, 15) is 4.79 Å². The first-order valence-corrected chi connectivity index (χ1v) is 7.56. The Morgan fingerprint density at radius 3 is 2.32 bits per heavy atom. The summed E-state index contributed by atoms with van der Waals surface area (Å²) in [5.41, 5.74) is 7.80. The van der Waals surface area contributed by atoms with E-state index in [4.69, 9.17) is 5.73 Å². The van der Waals surface area contributed by atoms with Crippen molar-refractivity contribution in [1.29, 1.82) is 0 Å². The standard InChI is InChI=1S/C17H25NO/c1-2-6-14-7-9-15(10-8-14)16(19)17(13-18)11-4-3-5-12-17/h7-10H,2-6,11-13,18H2,1H3. The lowest BCUT2D eigenvalue weighted by Gasteiger charge is -2.34. The topological polar surface area (TPSA) is 43.1 Å². The normalized spacial score (nSPS) is 18.2. The van der Waals surface area contributed by atoms with Crippen molar-refractivity contribution in [3.8, 4) is 0 Å². The number of carbonyl (C=O) groups is 1. The zero-order chi connectivity index (χ0) is 13.7. The Hall–Kier alpha value is -1.15. The maximum Gasteiger partial charge on any atom is 0.170 e. The van der Waals surface area contributed by atoms with Gasteiger partial charge in [0.2, 0.25) is 0 Å². The Morgan fingerprint density at radius 1 is 1.16 bits per heavy atom. The number of Topliss-reactive ketones (excluding diaryl/α,β-unsaturated/α-hetero) is 1. The fourth-order valence-electron chi connectivity index (χ4n) is 3.17. The van der Waals surface area contributed by atoms with E-state index < -0.39 is 0 Å². The highest BCUT2D eigenvalue weighted by Crippen LogP contribution is 2.38. The van der Waals surface area contributed by atoms with Crippen LogP contribution in [0.5, 0.6) is 0 Å². The summed E-state index contributed by atoms with van der Waals surface area (Å²) in [6.07, 6.45) is 7.65. The molecule has 0 bridgehead atoms. The maximum atomic E-state index is 12.7. The number of benzene rings is 1. The van der Waals surface area contributed by atoms with Gasteiger partial charge in [0.15, 0.2) is 5.78 Å². The molecule has 0 atom stereocenters. The second-order valence-electron chi connectivity index (χ2n) is 5.82. The van der Waals surface area contributed by atoms with Crippen molar-refractivity contribution in [3.63, 3.8) is 0 Å². The number of nitrogens with two attached hydrogens (primary N) is 1. The molecule has 2 rings (SSSR count). The predicted molar refractivity (Wildman–Crippen MR) is 79.3 cm³/mol. The molecule has 2 nitrogen and oxygen atoms in total. The molecule has 0 spiro atoms. The number of hydrogen-bond donors (Lipinski definition) is 1. The summed E-state index contributed by atoms with van der Waals surface area (Å²) in [5, 5.41) is 0. The molecule has 1 saturated carbocycles. The van der Waals surface area contributed by atoms with Gasteiger partial charge in [-0.3, -0.25) is 4.79 Å². The Bertz CT molecular complexity index is 415. The third kappa shape index (κ3) is 3.06. The lowest BCUT2D eigenvalue weighted by atomic mass is 9.69. The van der Waals surface area contributed by atoms with Gasteiger partial charge in [-0.2, -0.15) is 0 Å². The molecule has 2 heteroatoms. The highest BCUT2D eigenvalue weighted by molar-refractivity contribution is 6.00. The monoisotopic (exact) mass is 259 g/mol. The Labute approximate surface area is 116 Å². The SMILES string of the molecule is CCCc1ccc(C(=O)C2(CN)CCCCC2)cc1. The minimum atomic E-state index is -0.287. The van der Waals surface area contributed by atoms with Gasteiger partial charge in [-0.05, 0) is 24.8 Å². The molecule has 0 aromatic heterocycles. The van der Waals surface area contributed by atoms with Gasteiger partial charge in [-0.25, -0.2) is 0 Å². The summed E-state index contributed by atoms with van der Waals surface area (Å²) in [4.78, 5) is 12.7. The quantitative estimate of drug-likeness (QED) is 0.819. The molecule has 0 unspecified atom stereocenters. The number of carbonyl (C=O) groups excluding carboxylic acids is 1. The van der Waals surface area contributed by atoms with Gasteiger partial charge in [-0.1, -0.05) is 56.9 Å². The predicted octanol–water partition coefficient (Wildman–Crippen LogP) is 3.73. The summed E-state index contributed by atoms with van der Waals surface area (Å²) in [6, 6.07) is 8.15. The average molecular weight is 259 g/mol. The lowest BCUT2D eigenvalue weighted by molar-refractivity contribution is 0.0729. The van der Waals surface area contributed by atoms with Crippen LogP contribution in [0.3, 0.4) is 0 Å². The van der Waals surface area contributed by atoms with Crippen LogP contribution in [0.4, 0.5) is 0 Å². The highest BCUT2D eigenvalue weighted by Gasteiger charge is 2.38. The van der Waals surface area contributed by atoms with Gasteiger partial charge in [0, 0.05) is 17.5 Å². The number of rotatable bonds is 5. The minimum Gasteiger partial charge on any atom is -0.329 e. The Balaban J connectivity index is 2.17. The van der Waals surface area contributed by atoms with E-state index in [-0.39, 0.29) is 11.2 Å². The maximum absolute atomic E-state index is 12.7. The second kappa shape index (κ2) is 6.33. The van der Waals surface area contributed by atoms with Crippen LogP contribution in [0.2, 0.25) is 0 Å². The summed E-state index contributed by atoms with van der Waals surface area (Å²) in [7, 11) is 0. The molecule has 0 heterocycles. The van der Waals surface area contributed by atoms with Crippen molar-refractivity contribution < 1.29 is 4.79 Å². The van der Waals surface area contributed by atoms with Crippen LogP contribution in [0.15, 0.2) is 24.3 Å². The van der Waals surface area contributed by atoms with Crippen LogP contribution in [0.25, 0.3) is 0 Å². The molecule has 0 amide bonds. The van der Waals surface area contributed by atoms with E-state index in [1.165, 1.54) is 12.0 Å². The molecule has 0 aliphatic heterocycles. The molecular weight excluding hydrogens is 234 g/mol. The van der Waals surface area contributed by atoms with Crippen molar-refractivity contribution >= 4 is 5.78 Å². The molecule has 2 N–H and O–H groups in total. The first-order chi connectivity index (χ1) is 9.22. The fourth-order valence-corrected chi connectivity index (χ4v) is 3.17. The van der Waals surface area contributed by atoms with Crippen molar-refractivity contribution in [2.24, 2.45) is 11.1 Å². The Kier molecular flexibility index (Phi) is 4.76. The number of hydrogen-bond acceptors (Lipinski definition) is 2. The van der Waals surface area contributed by atoms with Gasteiger partial charge in [-0.15, -0.1) is 0 Å². The van der Waals surface area contributed by atoms with E-state index in [2.05, 4.69) is 19.1 Å². The van der Waals surface area contributed by atoms with E-state index in [0.717, 1.165) is 44.1 Å². The van der Waals surface area contributed by atoms with Crippen molar-refractivity contribution in [2.45, 2.75) is 51.9 Å². The van der Waals surface area contributed by atoms with Crippen molar-refractivity contribution in [1.82, 2.24) is 0 Å². The van der Waals surface area contributed by atoms with Crippen LogP contribution in [0, 0.1) is 5.41 Å². The summed E-state index contributed by atoms with van der Waals surface area (Å²) in [5.74, 6) is 0.262. The minimum absolute atomic E-state index is 0.262. The van der Waals surface area contributed by atoms with Crippen LogP contribution >= 0.6 is 0 Å². The largest absolute Gasteiger partial charge is 0.329 e. The number of aryl methyl sites for hydroxylation is 1. The summed E-state index contributed by atoms with van der Waals surface area (Å²) < 4.78 is 0. The molecule has 19 heavy (non-hydrogen) atoms. The number of ketones is 1. The van der Waals surface area contributed by atoms with Crippen molar-refractivity contribution in [2.75, 3.05) is 6.54 Å². The van der Waals surface area contributed by atoms with E-state index in [0.29, 0.717) is 6.54 Å². The average Bonchev–Trinajstić information content (AvgIpc) is 2.48. The zero-order valence-electron chi connectivity index (χ0n) is 12.0. The second-order valence-corrected chi connectivity index (χ2v) is 5.82. The van der Waals surface area contributed by atoms with Gasteiger partial charge in [0.1, 0.15) is 0 Å². The molecule has 1 aromatic rings. The third-order valence-corrected chi connectivity index (χ3v) is 4.44. The summed E-state index contributed by atoms with van der Waals surface area (Å²) in [6.45, 7) is 2.66. The first-order valence-electron chi connectivity index (χ1n) is 7.56. The third-order valence-electron chi connectivity index (χ3n) is 4.44. The molecular formula is C17H25NO. The molecule has 1 aliphatic carbocycles. The van der Waals surface area contributed by atoms with E-state index in [1.807, 2.05) is 12.1 Å². The summed E-state index contributed by atoms with van der Waals surface area (Å²) >= 11 is 0. The molecule has 1 aliphatic rings. The first kappa shape index (κ1) is 14.3. The van der Waals surface area contributed by atoms with Gasteiger partial charge in [0.05, 0.1) is 0 Å². The molecule has 0 radical (unpaired) electrons. The zero-order valence-corrected chi connectivity index (χ0v) is 12.0. The molecule has 0 saturated heterocycles. The smallest absolute Gasteiger partial charge is 0.170 e. The van der Waals surface area contributed by atoms with Crippen LogP contribution < -0.4 is 5.73 Å². The van der Waals surface area contributed by atoms with Gasteiger partial charge >= 0.3 is 0 Å². The highest BCUT2D eigenvalue weighted by atomic mass is 16.1. The Morgan fingerprint density at radius 2 is 1.79 bits per heavy atom. The fraction of sp³-hybridized carbons (Fsp3) is 0.588. The van der Waals surface area contributed by atoms with Crippen LogP contribution in [-0.2, 0) is 6.42 Å². The van der Waals surface area contributed by atoms with Gasteiger partial charge < -0.3 is 5.73 Å².